The number of carbonyl (C=O) groups is 1. The molecule has 0 spiro atoms. The molecule has 0 atom stereocenters. The first-order valence-corrected chi connectivity index (χ1v) is 5.48. The summed E-state index contributed by atoms with van der Waals surface area (Å²) in [6.07, 6.45) is 1.39. The van der Waals surface area contributed by atoms with Gasteiger partial charge in [0.15, 0.2) is 5.76 Å². The Kier molecular flexibility index (Phi) is 3.51. The maximum atomic E-state index is 11.6. The van der Waals surface area contributed by atoms with E-state index in [1.807, 2.05) is 0 Å². The van der Waals surface area contributed by atoms with Crippen LogP contribution in [0.1, 0.15) is 23.0 Å². The lowest BCUT2D eigenvalue weighted by molar-refractivity contribution is 0.0927. The molecule has 6 heteroatoms. The van der Waals surface area contributed by atoms with E-state index >= 15 is 0 Å². The van der Waals surface area contributed by atoms with Crippen LogP contribution in [-0.2, 0) is 0 Å². The lowest BCUT2D eigenvalue weighted by atomic mass is 10.1. The molecule has 0 saturated heterocycles. The number of phenolic OH excluding ortho intramolecular Hbond substituents is 2. The fraction of sp³-hybridized carbons (Fsp3) is 0.0769. The van der Waals surface area contributed by atoms with Crippen LogP contribution in [0, 0.1) is 0 Å². The number of hydrazone groups is 1. The molecular weight excluding hydrogens is 248 g/mol. The lowest BCUT2D eigenvalue weighted by Gasteiger charge is -2.04. The predicted molar refractivity (Wildman–Crippen MR) is 68.2 cm³/mol. The van der Waals surface area contributed by atoms with E-state index in [9.17, 15) is 15.0 Å². The standard InChI is InChI=1S/C13H12N2O4/c1-8(10-5-4-9(16)7-11(10)17)14-15-13(18)12-3-2-6-19-12/h2-7,16-17H,1H3,(H,15,18). The second-order valence-corrected chi connectivity index (χ2v) is 3.82. The summed E-state index contributed by atoms with van der Waals surface area (Å²) in [6, 6.07) is 7.23. The summed E-state index contributed by atoms with van der Waals surface area (Å²) in [7, 11) is 0. The number of carbonyl (C=O) groups excluding carboxylic acids is 1. The minimum Gasteiger partial charge on any atom is -0.508 e. The molecule has 0 aliphatic heterocycles. The smallest absolute Gasteiger partial charge is 0.307 e. The van der Waals surface area contributed by atoms with Crippen molar-refractivity contribution in [2.45, 2.75) is 6.92 Å². The van der Waals surface area contributed by atoms with Crippen LogP contribution in [0.25, 0.3) is 0 Å². The Morgan fingerprint density at radius 3 is 2.74 bits per heavy atom. The van der Waals surface area contributed by atoms with E-state index in [0.29, 0.717) is 11.3 Å². The average Bonchev–Trinajstić information content (AvgIpc) is 2.89. The zero-order chi connectivity index (χ0) is 13.8. The fourth-order valence-corrected chi connectivity index (χ4v) is 1.48. The van der Waals surface area contributed by atoms with Crippen molar-refractivity contribution in [3.05, 3.63) is 47.9 Å². The third-order valence-electron chi connectivity index (χ3n) is 2.44. The Hall–Kier alpha value is -2.76. The molecule has 1 aromatic heterocycles. The third-order valence-corrected chi connectivity index (χ3v) is 2.44. The number of hydrogen-bond acceptors (Lipinski definition) is 5. The Morgan fingerprint density at radius 1 is 1.32 bits per heavy atom. The molecule has 0 unspecified atom stereocenters. The quantitative estimate of drug-likeness (QED) is 0.579. The van der Waals surface area contributed by atoms with Gasteiger partial charge in [-0.3, -0.25) is 4.79 Å². The Morgan fingerprint density at radius 2 is 2.11 bits per heavy atom. The lowest BCUT2D eigenvalue weighted by Crippen LogP contribution is -2.18. The van der Waals surface area contributed by atoms with E-state index in [1.165, 1.54) is 30.5 Å². The summed E-state index contributed by atoms with van der Waals surface area (Å²) in [5, 5.41) is 22.7. The van der Waals surface area contributed by atoms with Crippen LogP contribution in [-0.4, -0.2) is 21.8 Å². The van der Waals surface area contributed by atoms with Gasteiger partial charge in [-0.2, -0.15) is 5.10 Å². The number of hydrogen-bond donors (Lipinski definition) is 3. The minimum atomic E-state index is -0.484. The summed E-state index contributed by atoms with van der Waals surface area (Å²) in [4.78, 5) is 11.6. The van der Waals surface area contributed by atoms with Gasteiger partial charge < -0.3 is 14.6 Å². The first kappa shape index (κ1) is 12.7. The van der Waals surface area contributed by atoms with Crippen molar-refractivity contribution >= 4 is 11.6 Å². The molecule has 0 aliphatic carbocycles. The van der Waals surface area contributed by atoms with Gasteiger partial charge in [0.25, 0.3) is 0 Å². The van der Waals surface area contributed by atoms with Gasteiger partial charge in [-0.05, 0) is 31.2 Å². The van der Waals surface area contributed by atoms with Crippen molar-refractivity contribution in [3.8, 4) is 11.5 Å². The van der Waals surface area contributed by atoms with Crippen molar-refractivity contribution in [2.24, 2.45) is 5.10 Å². The minimum absolute atomic E-state index is 0.0475. The highest BCUT2D eigenvalue weighted by atomic mass is 16.3. The highest BCUT2D eigenvalue weighted by molar-refractivity contribution is 6.02. The van der Waals surface area contributed by atoms with Crippen LogP contribution in [0.5, 0.6) is 11.5 Å². The number of furan rings is 1. The number of amides is 1. The predicted octanol–water partition coefficient (Wildman–Crippen LogP) is 1.84. The van der Waals surface area contributed by atoms with Gasteiger partial charge >= 0.3 is 5.91 Å². The Labute approximate surface area is 109 Å². The fourth-order valence-electron chi connectivity index (χ4n) is 1.48. The first-order valence-electron chi connectivity index (χ1n) is 5.48. The van der Waals surface area contributed by atoms with Crippen LogP contribution in [0.4, 0.5) is 0 Å². The normalized spacial score (nSPS) is 11.3. The molecule has 98 valence electrons. The first-order chi connectivity index (χ1) is 9.08. The molecule has 3 N–H and O–H groups in total. The zero-order valence-corrected chi connectivity index (χ0v) is 10.1. The van der Waals surface area contributed by atoms with Crippen molar-refractivity contribution in [3.63, 3.8) is 0 Å². The molecule has 2 aromatic rings. The molecule has 2 rings (SSSR count). The molecule has 19 heavy (non-hydrogen) atoms. The topological polar surface area (TPSA) is 95.1 Å². The molecule has 0 fully saturated rings. The van der Waals surface area contributed by atoms with Crippen molar-refractivity contribution < 1.29 is 19.4 Å². The average molecular weight is 260 g/mol. The molecule has 1 heterocycles. The van der Waals surface area contributed by atoms with Crippen LogP contribution in [0.15, 0.2) is 46.1 Å². The van der Waals surface area contributed by atoms with Crippen molar-refractivity contribution in [1.82, 2.24) is 5.43 Å². The van der Waals surface area contributed by atoms with Crippen LogP contribution >= 0.6 is 0 Å². The van der Waals surface area contributed by atoms with E-state index < -0.39 is 5.91 Å². The number of aromatic hydroxyl groups is 2. The number of phenols is 2. The molecule has 1 aromatic carbocycles. The molecule has 0 bridgehead atoms. The molecular formula is C13H12N2O4. The second kappa shape index (κ2) is 5.26. The van der Waals surface area contributed by atoms with Crippen LogP contribution in [0.3, 0.4) is 0 Å². The van der Waals surface area contributed by atoms with Crippen LogP contribution < -0.4 is 5.43 Å². The van der Waals surface area contributed by atoms with Gasteiger partial charge in [0.2, 0.25) is 0 Å². The number of nitrogens with one attached hydrogen (secondary N) is 1. The van der Waals surface area contributed by atoms with Gasteiger partial charge in [0.05, 0.1) is 12.0 Å². The number of benzene rings is 1. The maximum absolute atomic E-state index is 11.6. The number of nitrogens with zero attached hydrogens (tertiary/aromatic N) is 1. The third kappa shape index (κ3) is 2.92. The van der Waals surface area contributed by atoms with Crippen molar-refractivity contribution in [1.29, 1.82) is 0 Å². The van der Waals surface area contributed by atoms with Gasteiger partial charge in [-0.25, -0.2) is 5.43 Å². The monoisotopic (exact) mass is 260 g/mol. The van der Waals surface area contributed by atoms with Crippen molar-refractivity contribution in [2.75, 3.05) is 0 Å². The molecule has 6 nitrogen and oxygen atoms in total. The van der Waals surface area contributed by atoms with E-state index in [2.05, 4.69) is 10.5 Å². The largest absolute Gasteiger partial charge is 0.508 e. The summed E-state index contributed by atoms with van der Waals surface area (Å²) in [6.45, 7) is 1.62. The summed E-state index contributed by atoms with van der Waals surface area (Å²) in [5.74, 6) is -0.503. The highest BCUT2D eigenvalue weighted by Crippen LogP contribution is 2.22. The zero-order valence-electron chi connectivity index (χ0n) is 10.1. The van der Waals surface area contributed by atoms with E-state index in [4.69, 9.17) is 4.42 Å². The molecule has 0 saturated carbocycles. The Bertz CT molecular complexity index is 618. The Balaban J connectivity index is 2.13. The molecule has 0 aliphatic rings. The van der Waals surface area contributed by atoms with Crippen LogP contribution in [0.2, 0.25) is 0 Å². The SMILES string of the molecule is CC(=NNC(=O)c1ccco1)c1ccc(O)cc1O. The van der Waals surface area contributed by atoms with Gasteiger partial charge in [-0.15, -0.1) is 0 Å². The maximum Gasteiger partial charge on any atom is 0.307 e. The number of rotatable bonds is 3. The second-order valence-electron chi connectivity index (χ2n) is 3.82. The summed E-state index contributed by atoms with van der Waals surface area (Å²) >= 11 is 0. The van der Waals surface area contributed by atoms with E-state index in [0.717, 1.165) is 0 Å². The van der Waals surface area contributed by atoms with Gasteiger partial charge in [-0.1, -0.05) is 0 Å². The summed E-state index contributed by atoms with van der Waals surface area (Å²) in [5.41, 5.74) is 3.12. The van der Waals surface area contributed by atoms with Gasteiger partial charge in [0.1, 0.15) is 11.5 Å². The van der Waals surface area contributed by atoms with E-state index in [1.54, 1.807) is 13.0 Å². The summed E-state index contributed by atoms with van der Waals surface area (Å²) < 4.78 is 4.91. The van der Waals surface area contributed by atoms with E-state index in [-0.39, 0.29) is 17.3 Å². The van der Waals surface area contributed by atoms with Gasteiger partial charge in [0, 0.05) is 11.6 Å². The molecule has 1 amide bonds. The molecule has 0 radical (unpaired) electrons. The highest BCUT2D eigenvalue weighted by Gasteiger charge is 2.09.